The maximum atomic E-state index is 12.0. The molecule has 1 aromatic rings. The van der Waals surface area contributed by atoms with E-state index in [2.05, 4.69) is 29.7 Å². The van der Waals surface area contributed by atoms with E-state index in [-0.39, 0.29) is 11.9 Å². The van der Waals surface area contributed by atoms with Gasteiger partial charge in [0.1, 0.15) is 0 Å². The Morgan fingerprint density at radius 2 is 2.28 bits per heavy atom. The molecule has 3 heteroatoms. The van der Waals surface area contributed by atoms with Gasteiger partial charge in [-0.05, 0) is 50.4 Å². The van der Waals surface area contributed by atoms with Crippen LogP contribution in [0.3, 0.4) is 0 Å². The zero-order valence-corrected chi connectivity index (χ0v) is 11.2. The van der Waals surface area contributed by atoms with Gasteiger partial charge in [-0.2, -0.15) is 0 Å². The molecule has 0 bridgehead atoms. The minimum Gasteiger partial charge on any atom is -0.350 e. The van der Waals surface area contributed by atoms with Gasteiger partial charge in [0.2, 0.25) is 5.91 Å². The summed E-state index contributed by atoms with van der Waals surface area (Å²) < 4.78 is 0. The van der Waals surface area contributed by atoms with E-state index in [0.29, 0.717) is 12.3 Å². The second-order valence-corrected chi connectivity index (χ2v) is 5.21. The summed E-state index contributed by atoms with van der Waals surface area (Å²) in [5.41, 5.74) is 2.43. The molecule has 2 rings (SSSR count). The molecule has 2 atom stereocenters. The van der Waals surface area contributed by atoms with Gasteiger partial charge < -0.3 is 10.6 Å². The quantitative estimate of drug-likeness (QED) is 0.855. The normalized spacial score (nSPS) is 20.7. The predicted molar refractivity (Wildman–Crippen MR) is 73.3 cm³/mol. The molecule has 1 amide bonds. The van der Waals surface area contributed by atoms with Crippen molar-refractivity contribution in [2.24, 2.45) is 5.92 Å². The Bertz CT molecular complexity index is 411. The van der Waals surface area contributed by atoms with Crippen LogP contribution in [0.25, 0.3) is 0 Å². The molecule has 1 aliphatic rings. The fraction of sp³-hybridized carbons (Fsp3) is 0.533. The number of amides is 1. The van der Waals surface area contributed by atoms with E-state index in [1.165, 1.54) is 11.1 Å². The smallest absolute Gasteiger partial charge is 0.220 e. The molecular weight excluding hydrogens is 224 g/mol. The Hall–Kier alpha value is -1.35. The largest absolute Gasteiger partial charge is 0.350 e. The van der Waals surface area contributed by atoms with Crippen molar-refractivity contribution < 1.29 is 4.79 Å². The molecule has 18 heavy (non-hydrogen) atoms. The standard InChI is InChI=1S/C15H22N2O/c1-11-5-3-4-6-14(11)12(2)17-15(18)9-13-7-8-16-10-13/h3-6,12-13,16H,7-10H2,1-2H3,(H,17,18). The first-order chi connectivity index (χ1) is 8.66. The van der Waals surface area contributed by atoms with Crippen LogP contribution in [0, 0.1) is 12.8 Å². The van der Waals surface area contributed by atoms with Crippen molar-refractivity contribution in [3.05, 3.63) is 35.4 Å². The third-order valence-electron chi connectivity index (χ3n) is 3.67. The van der Waals surface area contributed by atoms with Crippen molar-refractivity contribution >= 4 is 5.91 Å². The number of hydrogen-bond donors (Lipinski definition) is 2. The molecule has 1 fully saturated rings. The highest BCUT2D eigenvalue weighted by Crippen LogP contribution is 2.18. The summed E-state index contributed by atoms with van der Waals surface area (Å²) >= 11 is 0. The summed E-state index contributed by atoms with van der Waals surface area (Å²) in [6.45, 7) is 6.16. The monoisotopic (exact) mass is 246 g/mol. The molecule has 3 nitrogen and oxygen atoms in total. The van der Waals surface area contributed by atoms with Gasteiger partial charge >= 0.3 is 0 Å². The van der Waals surface area contributed by atoms with Crippen LogP contribution in [0.15, 0.2) is 24.3 Å². The predicted octanol–water partition coefficient (Wildman–Crippen LogP) is 2.17. The van der Waals surface area contributed by atoms with Crippen molar-refractivity contribution in [3.63, 3.8) is 0 Å². The third-order valence-corrected chi connectivity index (χ3v) is 3.67. The van der Waals surface area contributed by atoms with E-state index in [0.717, 1.165) is 19.5 Å². The second kappa shape index (κ2) is 6.01. The van der Waals surface area contributed by atoms with Gasteiger partial charge in [-0.1, -0.05) is 24.3 Å². The Morgan fingerprint density at radius 3 is 2.94 bits per heavy atom. The lowest BCUT2D eigenvalue weighted by molar-refractivity contribution is -0.122. The summed E-state index contributed by atoms with van der Waals surface area (Å²) in [7, 11) is 0. The van der Waals surface area contributed by atoms with Crippen molar-refractivity contribution in [1.82, 2.24) is 10.6 Å². The minimum absolute atomic E-state index is 0.0908. The van der Waals surface area contributed by atoms with Gasteiger partial charge in [-0.3, -0.25) is 4.79 Å². The number of nitrogens with one attached hydrogen (secondary N) is 2. The number of benzene rings is 1. The fourth-order valence-corrected chi connectivity index (χ4v) is 2.60. The van der Waals surface area contributed by atoms with E-state index < -0.39 is 0 Å². The molecule has 0 radical (unpaired) electrons. The van der Waals surface area contributed by atoms with Crippen LogP contribution >= 0.6 is 0 Å². The highest BCUT2D eigenvalue weighted by molar-refractivity contribution is 5.76. The molecule has 98 valence electrons. The first-order valence-corrected chi connectivity index (χ1v) is 6.72. The molecule has 2 N–H and O–H groups in total. The third kappa shape index (κ3) is 3.33. The lowest BCUT2D eigenvalue weighted by Crippen LogP contribution is -2.29. The molecule has 1 saturated heterocycles. The molecule has 0 aromatic heterocycles. The lowest BCUT2D eigenvalue weighted by Gasteiger charge is -2.17. The van der Waals surface area contributed by atoms with E-state index in [9.17, 15) is 4.79 Å². The Morgan fingerprint density at radius 1 is 1.50 bits per heavy atom. The van der Waals surface area contributed by atoms with Gasteiger partial charge in [-0.25, -0.2) is 0 Å². The number of aryl methyl sites for hydroxylation is 1. The molecule has 1 heterocycles. The van der Waals surface area contributed by atoms with E-state index in [1.807, 2.05) is 19.1 Å². The zero-order valence-electron chi connectivity index (χ0n) is 11.2. The van der Waals surface area contributed by atoms with Crippen LogP contribution in [-0.2, 0) is 4.79 Å². The van der Waals surface area contributed by atoms with E-state index in [1.54, 1.807) is 0 Å². The van der Waals surface area contributed by atoms with Crippen LogP contribution in [-0.4, -0.2) is 19.0 Å². The Labute approximate surface area is 109 Å². The van der Waals surface area contributed by atoms with Gasteiger partial charge in [0, 0.05) is 6.42 Å². The average molecular weight is 246 g/mol. The number of hydrogen-bond acceptors (Lipinski definition) is 2. The Kier molecular flexibility index (Phi) is 4.37. The van der Waals surface area contributed by atoms with Gasteiger partial charge in [0.15, 0.2) is 0 Å². The zero-order chi connectivity index (χ0) is 13.0. The SMILES string of the molecule is Cc1ccccc1C(C)NC(=O)CC1CCNC1. The summed E-state index contributed by atoms with van der Waals surface area (Å²) in [4.78, 5) is 12.0. The first kappa shape index (κ1) is 13.1. The van der Waals surface area contributed by atoms with Crippen LogP contribution in [0.4, 0.5) is 0 Å². The molecule has 0 aliphatic carbocycles. The van der Waals surface area contributed by atoms with Crippen molar-refractivity contribution in [2.45, 2.75) is 32.7 Å². The second-order valence-electron chi connectivity index (χ2n) is 5.21. The Balaban J connectivity index is 1.88. The maximum Gasteiger partial charge on any atom is 0.220 e. The van der Waals surface area contributed by atoms with E-state index >= 15 is 0 Å². The summed E-state index contributed by atoms with van der Waals surface area (Å²) in [5.74, 6) is 0.675. The summed E-state index contributed by atoms with van der Waals surface area (Å²) in [6.07, 6.45) is 1.76. The van der Waals surface area contributed by atoms with Gasteiger partial charge in [0.05, 0.1) is 6.04 Å². The molecule has 0 spiro atoms. The van der Waals surface area contributed by atoms with Crippen LogP contribution in [0.1, 0.15) is 36.9 Å². The average Bonchev–Trinajstić information content (AvgIpc) is 2.82. The number of rotatable bonds is 4. The topological polar surface area (TPSA) is 41.1 Å². The van der Waals surface area contributed by atoms with Crippen molar-refractivity contribution in [1.29, 1.82) is 0 Å². The first-order valence-electron chi connectivity index (χ1n) is 6.72. The lowest BCUT2D eigenvalue weighted by atomic mass is 10.0. The highest BCUT2D eigenvalue weighted by atomic mass is 16.1. The fourth-order valence-electron chi connectivity index (χ4n) is 2.60. The van der Waals surface area contributed by atoms with Crippen LogP contribution < -0.4 is 10.6 Å². The molecule has 1 aliphatic heterocycles. The summed E-state index contributed by atoms with van der Waals surface area (Å²) in [5, 5.41) is 6.39. The van der Waals surface area contributed by atoms with Crippen molar-refractivity contribution in [3.8, 4) is 0 Å². The number of carbonyl (C=O) groups excluding carboxylic acids is 1. The molecule has 2 unspecified atom stereocenters. The molecular formula is C15H22N2O. The highest BCUT2D eigenvalue weighted by Gasteiger charge is 2.19. The van der Waals surface area contributed by atoms with Gasteiger partial charge in [0.25, 0.3) is 0 Å². The minimum atomic E-state index is 0.0908. The van der Waals surface area contributed by atoms with Gasteiger partial charge in [-0.15, -0.1) is 0 Å². The summed E-state index contributed by atoms with van der Waals surface area (Å²) in [6, 6.07) is 8.30. The number of carbonyl (C=O) groups is 1. The molecule has 1 aromatic carbocycles. The van der Waals surface area contributed by atoms with E-state index in [4.69, 9.17) is 0 Å². The maximum absolute atomic E-state index is 12.0. The van der Waals surface area contributed by atoms with Crippen molar-refractivity contribution in [2.75, 3.05) is 13.1 Å². The molecule has 0 saturated carbocycles. The van der Waals surface area contributed by atoms with Crippen LogP contribution in [0.5, 0.6) is 0 Å². The van der Waals surface area contributed by atoms with Crippen LogP contribution in [0.2, 0.25) is 0 Å².